The molecule has 0 aliphatic rings. The van der Waals surface area contributed by atoms with Crippen molar-refractivity contribution in [2.75, 3.05) is 0 Å². The summed E-state index contributed by atoms with van der Waals surface area (Å²) in [7, 11) is 0. The lowest BCUT2D eigenvalue weighted by molar-refractivity contribution is -0.145. The highest BCUT2D eigenvalue weighted by molar-refractivity contribution is 5.73. The van der Waals surface area contributed by atoms with Crippen LogP contribution >= 0.6 is 0 Å². The van der Waals surface area contributed by atoms with Crippen LogP contribution in [-0.4, -0.2) is 21.7 Å². The van der Waals surface area contributed by atoms with Gasteiger partial charge in [0.25, 0.3) is 0 Å². The standard InChI is InChI=1S/C34H39NO3/c1-3-4-5-6-8-11-27-15-17-29(18-16-27)25-35-26(2)14-23-32(35)30-19-21-31(22-20-30)38-33(34(36)37)24-28-12-9-7-10-13-28/h7,9-10,12-23,33H,3-6,8,11,24-25H2,1-2H3,(H,36,37)/t33-/m1/s1. The molecule has 4 aromatic rings. The first-order valence-corrected chi connectivity index (χ1v) is 13.8. The van der Waals surface area contributed by atoms with Crippen LogP contribution in [0.5, 0.6) is 5.75 Å². The second-order valence-electron chi connectivity index (χ2n) is 10.1. The van der Waals surface area contributed by atoms with Crippen molar-refractivity contribution in [3.63, 3.8) is 0 Å². The summed E-state index contributed by atoms with van der Waals surface area (Å²) in [6.07, 6.45) is 7.07. The molecule has 1 atom stereocenters. The lowest BCUT2D eigenvalue weighted by atomic mass is 10.0. The van der Waals surface area contributed by atoms with Crippen molar-refractivity contribution in [3.8, 4) is 17.0 Å². The van der Waals surface area contributed by atoms with Crippen molar-refractivity contribution in [2.24, 2.45) is 0 Å². The minimum Gasteiger partial charge on any atom is -0.478 e. The highest BCUT2D eigenvalue weighted by Gasteiger charge is 2.20. The first kappa shape index (κ1) is 27.3. The molecule has 198 valence electrons. The Balaban J connectivity index is 1.40. The maximum absolute atomic E-state index is 11.8. The van der Waals surface area contributed by atoms with E-state index in [2.05, 4.69) is 54.8 Å². The maximum Gasteiger partial charge on any atom is 0.345 e. The van der Waals surface area contributed by atoms with E-state index in [9.17, 15) is 9.90 Å². The van der Waals surface area contributed by atoms with Gasteiger partial charge in [-0.15, -0.1) is 0 Å². The molecular weight excluding hydrogens is 470 g/mol. The smallest absolute Gasteiger partial charge is 0.345 e. The Morgan fingerprint density at radius 1 is 0.789 bits per heavy atom. The number of carboxylic acid groups (broad SMARTS) is 1. The Bertz CT molecular complexity index is 1270. The number of benzene rings is 3. The van der Waals surface area contributed by atoms with E-state index in [0.29, 0.717) is 12.2 Å². The molecule has 0 amide bonds. The van der Waals surface area contributed by atoms with Crippen LogP contribution in [0.1, 0.15) is 61.4 Å². The van der Waals surface area contributed by atoms with Crippen LogP contribution in [0.2, 0.25) is 0 Å². The lowest BCUT2D eigenvalue weighted by Gasteiger charge is -2.16. The van der Waals surface area contributed by atoms with Gasteiger partial charge in [-0.1, -0.05) is 87.2 Å². The number of rotatable bonds is 14. The minimum atomic E-state index is -0.968. The van der Waals surface area contributed by atoms with Gasteiger partial charge in [-0.3, -0.25) is 0 Å². The van der Waals surface area contributed by atoms with Gasteiger partial charge < -0.3 is 14.4 Å². The van der Waals surface area contributed by atoms with Crippen LogP contribution in [0.25, 0.3) is 11.3 Å². The number of aromatic nitrogens is 1. The van der Waals surface area contributed by atoms with Crippen LogP contribution in [-0.2, 0) is 24.2 Å². The van der Waals surface area contributed by atoms with E-state index in [0.717, 1.165) is 29.8 Å². The number of ether oxygens (including phenoxy) is 1. The van der Waals surface area contributed by atoms with Gasteiger partial charge in [0.2, 0.25) is 0 Å². The molecule has 1 heterocycles. The minimum absolute atomic E-state index is 0.317. The first-order chi connectivity index (χ1) is 18.5. The zero-order valence-corrected chi connectivity index (χ0v) is 22.6. The SMILES string of the molecule is CCCCCCCc1ccc(Cn2c(C)ccc2-c2ccc(O[C@H](Cc3ccccc3)C(=O)O)cc2)cc1. The number of aryl methyl sites for hydroxylation is 2. The summed E-state index contributed by atoms with van der Waals surface area (Å²) >= 11 is 0. The number of unbranched alkanes of at least 4 members (excludes halogenated alkanes) is 4. The number of aliphatic carboxylic acids is 1. The highest BCUT2D eigenvalue weighted by atomic mass is 16.5. The summed E-state index contributed by atoms with van der Waals surface area (Å²) in [5.41, 5.74) is 7.04. The molecule has 4 heteroatoms. The van der Waals surface area contributed by atoms with E-state index in [1.807, 2.05) is 54.6 Å². The van der Waals surface area contributed by atoms with Crippen molar-refractivity contribution in [2.45, 2.75) is 71.4 Å². The average Bonchev–Trinajstić information content (AvgIpc) is 3.29. The Morgan fingerprint density at radius 3 is 2.16 bits per heavy atom. The van der Waals surface area contributed by atoms with Gasteiger partial charge in [0, 0.05) is 24.4 Å². The van der Waals surface area contributed by atoms with E-state index in [4.69, 9.17) is 4.74 Å². The maximum atomic E-state index is 11.8. The molecule has 0 radical (unpaired) electrons. The van der Waals surface area contributed by atoms with Gasteiger partial charge in [-0.05, 0) is 78.4 Å². The molecule has 0 fully saturated rings. The van der Waals surface area contributed by atoms with Gasteiger partial charge >= 0.3 is 5.97 Å². The van der Waals surface area contributed by atoms with Crippen LogP contribution < -0.4 is 4.74 Å². The summed E-state index contributed by atoms with van der Waals surface area (Å²) in [6, 6.07) is 30.6. The average molecular weight is 510 g/mol. The number of hydrogen-bond donors (Lipinski definition) is 1. The van der Waals surface area contributed by atoms with Gasteiger partial charge in [0.05, 0.1) is 0 Å². The third-order valence-corrected chi connectivity index (χ3v) is 7.10. The van der Waals surface area contributed by atoms with Crippen molar-refractivity contribution in [1.82, 2.24) is 4.57 Å². The quantitative estimate of drug-likeness (QED) is 0.175. The van der Waals surface area contributed by atoms with Crippen LogP contribution in [0.15, 0.2) is 91.0 Å². The predicted octanol–water partition coefficient (Wildman–Crippen LogP) is 8.10. The summed E-state index contributed by atoms with van der Waals surface area (Å²) in [4.78, 5) is 11.8. The molecule has 1 N–H and O–H groups in total. The number of carbonyl (C=O) groups is 1. The van der Waals surface area contributed by atoms with E-state index < -0.39 is 12.1 Å². The second-order valence-corrected chi connectivity index (χ2v) is 10.1. The van der Waals surface area contributed by atoms with Crippen LogP contribution in [0.3, 0.4) is 0 Å². The molecule has 38 heavy (non-hydrogen) atoms. The zero-order valence-electron chi connectivity index (χ0n) is 22.6. The Labute approximate surface area is 226 Å². The molecule has 3 aromatic carbocycles. The molecule has 0 unspecified atom stereocenters. The van der Waals surface area contributed by atoms with Crippen molar-refractivity contribution in [1.29, 1.82) is 0 Å². The third-order valence-electron chi connectivity index (χ3n) is 7.10. The van der Waals surface area contributed by atoms with E-state index in [1.54, 1.807) is 0 Å². The Hall–Kier alpha value is -3.79. The van der Waals surface area contributed by atoms with Crippen LogP contribution in [0.4, 0.5) is 0 Å². The number of nitrogens with zero attached hydrogens (tertiary/aromatic N) is 1. The molecule has 1 aromatic heterocycles. The molecule has 0 saturated carbocycles. The normalized spacial score (nSPS) is 11.8. The van der Waals surface area contributed by atoms with E-state index in [-0.39, 0.29) is 0 Å². The van der Waals surface area contributed by atoms with E-state index in [1.165, 1.54) is 48.9 Å². The predicted molar refractivity (Wildman–Crippen MR) is 155 cm³/mol. The monoisotopic (exact) mass is 509 g/mol. The lowest BCUT2D eigenvalue weighted by Crippen LogP contribution is -2.29. The third kappa shape index (κ3) is 7.61. The molecule has 4 rings (SSSR count). The van der Waals surface area contributed by atoms with Gasteiger partial charge in [-0.25, -0.2) is 4.79 Å². The van der Waals surface area contributed by atoms with Crippen molar-refractivity contribution in [3.05, 3.63) is 113 Å². The Kier molecular flexibility index (Phi) is 9.80. The topological polar surface area (TPSA) is 51.5 Å². The van der Waals surface area contributed by atoms with Crippen LogP contribution in [0, 0.1) is 6.92 Å². The summed E-state index contributed by atoms with van der Waals surface area (Å²) < 4.78 is 8.18. The molecule has 4 nitrogen and oxygen atoms in total. The molecule has 0 saturated heterocycles. The van der Waals surface area contributed by atoms with Gasteiger partial charge in [0.15, 0.2) is 6.10 Å². The summed E-state index contributed by atoms with van der Waals surface area (Å²) in [6.45, 7) is 5.19. The molecule has 0 bridgehead atoms. The van der Waals surface area contributed by atoms with Gasteiger partial charge in [0.1, 0.15) is 5.75 Å². The Morgan fingerprint density at radius 2 is 1.47 bits per heavy atom. The molecule has 0 aliphatic heterocycles. The molecule has 0 aliphatic carbocycles. The second kappa shape index (κ2) is 13.7. The van der Waals surface area contributed by atoms with Crippen molar-refractivity contribution < 1.29 is 14.6 Å². The zero-order chi connectivity index (χ0) is 26.7. The highest BCUT2D eigenvalue weighted by Crippen LogP contribution is 2.27. The van der Waals surface area contributed by atoms with E-state index >= 15 is 0 Å². The van der Waals surface area contributed by atoms with Crippen molar-refractivity contribution >= 4 is 5.97 Å². The largest absolute Gasteiger partial charge is 0.478 e. The fourth-order valence-electron chi connectivity index (χ4n) is 4.83. The first-order valence-electron chi connectivity index (χ1n) is 13.8. The summed E-state index contributed by atoms with van der Waals surface area (Å²) in [5, 5.41) is 9.67. The number of carboxylic acids is 1. The summed E-state index contributed by atoms with van der Waals surface area (Å²) in [5.74, 6) is -0.415. The fraction of sp³-hybridized carbons (Fsp3) is 0.324. The fourth-order valence-corrected chi connectivity index (χ4v) is 4.83. The van der Waals surface area contributed by atoms with Gasteiger partial charge in [-0.2, -0.15) is 0 Å². The molecular formula is C34H39NO3. The number of hydrogen-bond acceptors (Lipinski definition) is 2. The molecule has 0 spiro atoms.